The SMILES string of the molecule is COC(=O)[C@@H]1C(=O)NC(SCC(=O)NC[C@@H]2CCCO2)=C(C#N)[C@H]1c1ccc(OC)c(Br)c1. The Hall–Kier alpha value is -2.55. The summed E-state index contributed by atoms with van der Waals surface area (Å²) >= 11 is 4.45. The van der Waals surface area contributed by atoms with E-state index < -0.39 is 23.7 Å². The first-order chi connectivity index (χ1) is 15.9. The Labute approximate surface area is 204 Å². The van der Waals surface area contributed by atoms with Gasteiger partial charge < -0.3 is 24.8 Å². The van der Waals surface area contributed by atoms with Crippen molar-refractivity contribution in [1.29, 1.82) is 5.26 Å². The molecule has 9 nitrogen and oxygen atoms in total. The molecule has 33 heavy (non-hydrogen) atoms. The van der Waals surface area contributed by atoms with Gasteiger partial charge >= 0.3 is 5.97 Å². The summed E-state index contributed by atoms with van der Waals surface area (Å²) in [6, 6.07) is 7.19. The van der Waals surface area contributed by atoms with Crippen molar-refractivity contribution in [1.82, 2.24) is 10.6 Å². The maximum Gasteiger partial charge on any atom is 0.319 e. The lowest BCUT2D eigenvalue weighted by atomic mass is 9.78. The lowest BCUT2D eigenvalue weighted by molar-refractivity contribution is -0.150. The normalized spacial score (nSPS) is 22.4. The van der Waals surface area contributed by atoms with E-state index in [-0.39, 0.29) is 28.4 Å². The Balaban J connectivity index is 1.86. The van der Waals surface area contributed by atoms with Crippen molar-refractivity contribution in [3.63, 3.8) is 0 Å². The number of hydrogen-bond acceptors (Lipinski definition) is 8. The number of ether oxygens (including phenoxy) is 3. The van der Waals surface area contributed by atoms with Gasteiger partial charge in [-0.2, -0.15) is 5.26 Å². The van der Waals surface area contributed by atoms with Crippen LogP contribution in [-0.2, 0) is 23.9 Å². The van der Waals surface area contributed by atoms with E-state index in [1.165, 1.54) is 14.2 Å². The third-order valence-electron chi connectivity index (χ3n) is 5.42. The number of allylic oxidation sites excluding steroid dienone is 1. The third kappa shape index (κ3) is 5.88. The molecule has 11 heteroatoms. The van der Waals surface area contributed by atoms with Crippen LogP contribution in [0.25, 0.3) is 0 Å². The van der Waals surface area contributed by atoms with Crippen LogP contribution in [0.3, 0.4) is 0 Å². The summed E-state index contributed by atoms with van der Waals surface area (Å²) in [6.07, 6.45) is 1.89. The fraction of sp³-hybridized carbons (Fsp3) is 0.455. The predicted octanol–water partition coefficient (Wildman–Crippen LogP) is 2.22. The van der Waals surface area contributed by atoms with Gasteiger partial charge in [0.2, 0.25) is 11.8 Å². The highest BCUT2D eigenvalue weighted by molar-refractivity contribution is 9.10. The molecular formula is C22H24BrN3O6S. The summed E-state index contributed by atoms with van der Waals surface area (Å²) in [5.41, 5.74) is 0.740. The van der Waals surface area contributed by atoms with Gasteiger partial charge in [-0.25, -0.2) is 0 Å². The van der Waals surface area contributed by atoms with Crippen LogP contribution in [0.5, 0.6) is 5.75 Å². The predicted molar refractivity (Wildman–Crippen MR) is 124 cm³/mol. The molecule has 2 amide bonds. The molecule has 0 spiro atoms. The molecule has 1 fully saturated rings. The summed E-state index contributed by atoms with van der Waals surface area (Å²) in [7, 11) is 2.71. The van der Waals surface area contributed by atoms with Gasteiger partial charge in [-0.1, -0.05) is 17.8 Å². The van der Waals surface area contributed by atoms with E-state index in [9.17, 15) is 19.6 Å². The topological polar surface area (TPSA) is 127 Å². The Morgan fingerprint density at radius 2 is 2.18 bits per heavy atom. The van der Waals surface area contributed by atoms with Crippen LogP contribution < -0.4 is 15.4 Å². The van der Waals surface area contributed by atoms with Crippen LogP contribution in [0.15, 0.2) is 33.3 Å². The Morgan fingerprint density at radius 3 is 2.79 bits per heavy atom. The molecule has 0 aromatic heterocycles. The minimum absolute atomic E-state index is 0.00453. The van der Waals surface area contributed by atoms with E-state index in [0.29, 0.717) is 28.9 Å². The maximum atomic E-state index is 12.9. The van der Waals surface area contributed by atoms with Gasteiger partial charge in [0.15, 0.2) is 0 Å². The summed E-state index contributed by atoms with van der Waals surface area (Å²) in [5, 5.41) is 15.6. The minimum atomic E-state index is -1.25. The molecule has 3 rings (SSSR count). The second-order valence-electron chi connectivity index (χ2n) is 7.44. The lowest BCUT2D eigenvalue weighted by Crippen LogP contribution is -2.44. The first-order valence-electron chi connectivity index (χ1n) is 10.3. The number of nitrogens with one attached hydrogen (secondary N) is 2. The number of nitrogens with zero attached hydrogens (tertiary/aromatic N) is 1. The monoisotopic (exact) mass is 537 g/mol. The zero-order valence-electron chi connectivity index (χ0n) is 18.2. The first-order valence-corrected chi connectivity index (χ1v) is 12.0. The van der Waals surface area contributed by atoms with Gasteiger partial charge in [-0.05, 0) is 46.5 Å². The average Bonchev–Trinajstić information content (AvgIpc) is 3.34. The molecule has 1 saturated heterocycles. The fourth-order valence-electron chi connectivity index (χ4n) is 3.78. The molecular weight excluding hydrogens is 514 g/mol. The zero-order valence-corrected chi connectivity index (χ0v) is 20.6. The molecule has 2 N–H and O–H groups in total. The van der Waals surface area contributed by atoms with Crippen molar-refractivity contribution in [2.24, 2.45) is 5.92 Å². The molecule has 2 aliphatic rings. The first kappa shape index (κ1) is 25.1. The molecule has 1 aromatic carbocycles. The van der Waals surface area contributed by atoms with E-state index in [1.54, 1.807) is 18.2 Å². The fourth-order valence-corrected chi connectivity index (χ4v) is 5.21. The molecule has 0 aliphatic carbocycles. The smallest absolute Gasteiger partial charge is 0.319 e. The number of amides is 2. The van der Waals surface area contributed by atoms with E-state index in [1.807, 2.05) is 0 Å². The summed E-state index contributed by atoms with van der Waals surface area (Å²) < 4.78 is 16.2. The van der Waals surface area contributed by atoms with Crippen molar-refractivity contribution >= 4 is 45.5 Å². The van der Waals surface area contributed by atoms with Crippen LogP contribution in [-0.4, -0.2) is 57.0 Å². The largest absolute Gasteiger partial charge is 0.496 e. The van der Waals surface area contributed by atoms with Gasteiger partial charge in [0.1, 0.15) is 11.7 Å². The number of thioether (sulfide) groups is 1. The van der Waals surface area contributed by atoms with Gasteiger partial charge in [-0.3, -0.25) is 14.4 Å². The quantitative estimate of drug-likeness (QED) is 0.381. The van der Waals surface area contributed by atoms with Crippen LogP contribution in [0.4, 0.5) is 0 Å². The number of rotatable bonds is 8. The molecule has 0 bridgehead atoms. The molecule has 0 radical (unpaired) electrons. The van der Waals surface area contributed by atoms with Crippen molar-refractivity contribution in [3.8, 4) is 11.8 Å². The highest BCUT2D eigenvalue weighted by Gasteiger charge is 2.44. The van der Waals surface area contributed by atoms with E-state index in [0.717, 1.165) is 24.6 Å². The van der Waals surface area contributed by atoms with Crippen molar-refractivity contribution < 1.29 is 28.6 Å². The van der Waals surface area contributed by atoms with Crippen LogP contribution in [0, 0.1) is 17.2 Å². The number of benzene rings is 1. The van der Waals surface area contributed by atoms with Crippen LogP contribution in [0.2, 0.25) is 0 Å². The van der Waals surface area contributed by atoms with E-state index in [2.05, 4.69) is 32.6 Å². The number of carbonyl (C=O) groups excluding carboxylic acids is 3. The molecule has 2 aliphatic heterocycles. The Kier molecular flexibility index (Phi) is 8.77. The van der Waals surface area contributed by atoms with E-state index >= 15 is 0 Å². The van der Waals surface area contributed by atoms with Crippen molar-refractivity contribution in [2.75, 3.05) is 33.1 Å². The third-order valence-corrected chi connectivity index (χ3v) is 7.05. The summed E-state index contributed by atoms with van der Waals surface area (Å²) in [4.78, 5) is 37.7. The number of nitriles is 1. The molecule has 0 saturated carbocycles. The van der Waals surface area contributed by atoms with E-state index in [4.69, 9.17) is 14.2 Å². The number of methoxy groups -OCH3 is 2. The van der Waals surface area contributed by atoms with Gasteiger partial charge in [0, 0.05) is 19.1 Å². The van der Waals surface area contributed by atoms with Crippen molar-refractivity contribution in [3.05, 3.63) is 38.8 Å². The molecule has 0 unspecified atom stereocenters. The number of esters is 1. The second kappa shape index (κ2) is 11.5. The molecule has 176 valence electrons. The van der Waals surface area contributed by atoms with Gasteiger partial charge in [0.05, 0.1) is 47.2 Å². The average molecular weight is 538 g/mol. The lowest BCUT2D eigenvalue weighted by Gasteiger charge is -2.31. The van der Waals surface area contributed by atoms with Crippen molar-refractivity contribution in [2.45, 2.75) is 24.9 Å². The number of hydrogen-bond donors (Lipinski definition) is 2. The highest BCUT2D eigenvalue weighted by atomic mass is 79.9. The molecule has 1 aromatic rings. The Morgan fingerprint density at radius 1 is 1.39 bits per heavy atom. The maximum absolute atomic E-state index is 12.9. The Bertz CT molecular complexity index is 1000. The highest BCUT2D eigenvalue weighted by Crippen LogP contribution is 2.42. The molecule has 3 atom stereocenters. The molecule has 2 heterocycles. The standard InChI is InChI=1S/C22H24BrN3O6S/c1-30-16-6-5-12(8-15(16)23)18-14(9-24)21(26-20(28)19(18)22(29)31-2)33-11-17(27)25-10-13-4-3-7-32-13/h5-6,8,13,18-19H,3-4,7,10-11H2,1-2H3,(H,25,27)(H,26,28)/t13-,18+,19-/m0/s1. The summed E-state index contributed by atoms with van der Waals surface area (Å²) in [6.45, 7) is 1.12. The number of halogens is 1. The second-order valence-corrected chi connectivity index (χ2v) is 9.28. The minimum Gasteiger partial charge on any atom is -0.496 e. The zero-order chi connectivity index (χ0) is 24.0. The van der Waals surface area contributed by atoms with Gasteiger partial charge in [0.25, 0.3) is 0 Å². The summed E-state index contributed by atoms with van der Waals surface area (Å²) in [5.74, 6) is -3.16. The van der Waals surface area contributed by atoms with Crippen LogP contribution in [0.1, 0.15) is 24.3 Å². The number of carbonyl (C=O) groups is 3. The van der Waals surface area contributed by atoms with Gasteiger partial charge in [-0.15, -0.1) is 0 Å². The van der Waals surface area contributed by atoms with Crippen LogP contribution >= 0.6 is 27.7 Å².